The van der Waals surface area contributed by atoms with Crippen LogP contribution >= 0.6 is 24.0 Å². The van der Waals surface area contributed by atoms with Crippen LogP contribution in [0.1, 0.15) is 49.7 Å². The molecular weight excluding hydrogens is 507 g/mol. The van der Waals surface area contributed by atoms with Gasteiger partial charge < -0.3 is 24.4 Å². The quantitative estimate of drug-likeness (QED) is 0.325. The smallest absolute Gasteiger partial charge is 0.248 e. The molecule has 31 heavy (non-hydrogen) atoms. The molecule has 1 aromatic carbocycles. The Morgan fingerprint density at radius 2 is 1.97 bits per heavy atom. The molecule has 1 fully saturated rings. The third-order valence-electron chi connectivity index (χ3n) is 5.46. The van der Waals surface area contributed by atoms with Crippen molar-refractivity contribution in [2.75, 3.05) is 44.2 Å². The van der Waals surface area contributed by atoms with Gasteiger partial charge in [-0.1, -0.05) is 17.3 Å². The summed E-state index contributed by atoms with van der Waals surface area (Å²) in [6, 6.07) is 6.53. The SMILES string of the molecule is CCNC(=NCc1nc(C(C)OCC)no1)N1CCN(c2cccc(C)c2C)CC1.I. The average Bonchev–Trinajstić information content (AvgIpc) is 3.23. The average molecular weight is 542 g/mol. The van der Waals surface area contributed by atoms with Crippen LogP contribution in [-0.4, -0.2) is 60.3 Å². The summed E-state index contributed by atoms with van der Waals surface area (Å²) < 4.78 is 10.9. The van der Waals surface area contributed by atoms with Gasteiger partial charge in [-0.25, -0.2) is 4.99 Å². The van der Waals surface area contributed by atoms with E-state index in [0.29, 0.717) is 24.9 Å². The lowest BCUT2D eigenvalue weighted by atomic mass is 10.1. The largest absolute Gasteiger partial charge is 0.371 e. The van der Waals surface area contributed by atoms with Crippen LogP contribution in [-0.2, 0) is 11.3 Å². The minimum absolute atomic E-state index is 0. The molecule has 3 rings (SSSR count). The van der Waals surface area contributed by atoms with Crippen molar-refractivity contribution in [3.05, 3.63) is 41.0 Å². The first-order valence-electron chi connectivity index (χ1n) is 10.8. The number of rotatable bonds is 7. The maximum atomic E-state index is 5.52. The molecule has 0 saturated carbocycles. The lowest BCUT2D eigenvalue weighted by Crippen LogP contribution is -2.52. The predicted molar refractivity (Wildman–Crippen MR) is 134 cm³/mol. The summed E-state index contributed by atoms with van der Waals surface area (Å²) in [5.41, 5.74) is 4.03. The Balaban J connectivity index is 0.00000341. The molecule has 0 aliphatic carbocycles. The van der Waals surface area contributed by atoms with E-state index in [-0.39, 0.29) is 30.1 Å². The van der Waals surface area contributed by atoms with E-state index < -0.39 is 0 Å². The number of aromatic nitrogens is 2. The van der Waals surface area contributed by atoms with E-state index in [1.165, 1.54) is 16.8 Å². The van der Waals surface area contributed by atoms with Crippen LogP contribution in [0.15, 0.2) is 27.7 Å². The topological polar surface area (TPSA) is 79.0 Å². The molecular formula is C22H35IN6O2. The van der Waals surface area contributed by atoms with Crippen molar-refractivity contribution in [1.82, 2.24) is 20.4 Å². The van der Waals surface area contributed by atoms with Gasteiger partial charge in [0.15, 0.2) is 11.8 Å². The first-order valence-corrected chi connectivity index (χ1v) is 10.8. The highest BCUT2D eigenvalue weighted by Crippen LogP contribution is 2.24. The number of anilines is 1. The number of piperazine rings is 1. The van der Waals surface area contributed by atoms with Crippen LogP contribution in [0.5, 0.6) is 0 Å². The number of halogens is 1. The lowest BCUT2D eigenvalue weighted by Gasteiger charge is -2.38. The van der Waals surface area contributed by atoms with Gasteiger partial charge in [0.05, 0.1) is 0 Å². The molecule has 8 nitrogen and oxygen atoms in total. The second-order valence-corrected chi connectivity index (χ2v) is 7.51. The van der Waals surface area contributed by atoms with E-state index in [4.69, 9.17) is 14.3 Å². The molecule has 1 N–H and O–H groups in total. The monoisotopic (exact) mass is 542 g/mol. The molecule has 9 heteroatoms. The predicted octanol–water partition coefficient (Wildman–Crippen LogP) is 3.69. The first kappa shape index (κ1) is 25.4. The molecule has 1 aliphatic rings. The summed E-state index contributed by atoms with van der Waals surface area (Å²) in [4.78, 5) is 13.9. The van der Waals surface area contributed by atoms with Crippen molar-refractivity contribution in [3.63, 3.8) is 0 Å². The van der Waals surface area contributed by atoms with E-state index in [1.807, 2.05) is 13.8 Å². The summed E-state index contributed by atoms with van der Waals surface area (Å²) in [7, 11) is 0. The van der Waals surface area contributed by atoms with Gasteiger partial charge in [0.25, 0.3) is 0 Å². The molecule has 0 spiro atoms. The molecule has 172 valence electrons. The zero-order valence-corrected chi connectivity index (χ0v) is 21.6. The van der Waals surface area contributed by atoms with Crippen molar-refractivity contribution in [3.8, 4) is 0 Å². The Morgan fingerprint density at radius 1 is 1.23 bits per heavy atom. The highest BCUT2D eigenvalue weighted by Gasteiger charge is 2.21. The first-order chi connectivity index (χ1) is 14.5. The molecule has 1 atom stereocenters. The minimum Gasteiger partial charge on any atom is -0.371 e. The number of ether oxygens (including phenoxy) is 1. The van der Waals surface area contributed by atoms with Gasteiger partial charge in [0.1, 0.15) is 12.6 Å². The van der Waals surface area contributed by atoms with Gasteiger partial charge >= 0.3 is 0 Å². The summed E-state index contributed by atoms with van der Waals surface area (Å²) in [6.45, 7) is 15.8. The number of aryl methyl sites for hydroxylation is 1. The fourth-order valence-electron chi connectivity index (χ4n) is 3.63. The maximum Gasteiger partial charge on any atom is 0.248 e. The number of aliphatic imine (C=N–C) groups is 1. The number of nitrogens with one attached hydrogen (secondary N) is 1. The van der Waals surface area contributed by atoms with Crippen molar-refractivity contribution in [1.29, 1.82) is 0 Å². The lowest BCUT2D eigenvalue weighted by molar-refractivity contribution is 0.0683. The van der Waals surface area contributed by atoms with Gasteiger partial charge in [-0.05, 0) is 51.8 Å². The third kappa shape index (κ3) is 6.55. The molecule has 1 aliphatic heterocycles. The van der Waals surface area contributed by atoms with E-state index in [2.05, 4.69) is 64.2 Å². The molecule has 1 unspecified atom stereocenters. The number of nitrogens with zero attached hydrogens (tertiary/aromatic N) is 5. The Morgan fingerprint density at radius 3 is 2.65 bits per heavy atom. The van der Waals surface area contributed by atoms with Gasteiger partial charge in [-0.15, -0.1) is 24.0 Å². The van der Waals surface area contributed by atoms with Crippen molar-refractivity contribution in [2.24, 2.45) is 4.99 Å². The Kier molecular flexibility index (Phi) is 10.0. The number of benzene rings is 1. The zero-order valence-electron chi connectivity index (χ0n) is 19.2. The fourth-order valence-corrected chi connectivity index (χ4v) is 3.63. The van der Waals surface area contributed by atoms with Crippen LogP contribution in [0.2, 0.25) is 0 Å². The molecule has 2 heterocycles. The van der Waals surface area contributed by atoms with Crippen LogP contribution in [0.4, 0.5) is 5.69 Å². The molecule has 1 saturated heterocycles. The summed E-state index contributed by atoms with van der Waals surface area (Å²) in [5.74, 6) is 1.95. The van der Waals surface area contributed by atoms with Crippen LogP contribution < -0.4 is 10.2 Å². The summed E-state index contributed by atoms with van der Waals surface area (Å²) in [5, 5.41) is 7.40. The van der Waals surface area contributed by atoms with Crippen molar-refractivity contribution >= 4 is 35.6 Å². The summed E-state index contributed by atoms with van der Waals surface area (Å²) >= 11 is 0. The molecule has 0 amide bonds. The van der Waals surface area contributed by atoms with E-state index >= 15 is 0 Å². The minimum atomic E-state index is -0.178. The van der Waals surface area contributed by atoms with Gasteiger partial charge in [0, 0.05) is 45.0 Å². The Hall–Kier alpha value is -1.88. The number of hydrogen-bond acceptors (Lipinski definition) is 6. The second kappa shape index (κ2) is 12.2. The summed E-state index contributed by atoms with van der Waals surface area (Å²) in [6.07, 6.45) is -0.178. The van der Waals surface area contributed by atoms with Crippen LogP contribution in [0, 0.1) is 13.8 Å². The maximum absolute atomic E-state index is 5.52. The Labute approximate surface area is 202 Å². The third-order valence-corrected chi connectivity index (χ3v) is 5.46. The van der Waals surface area contributed by atoms with Gasteiger partial charge in [-0.2, -0.15) is 4.98 Å². The number of hydrogen-bond donors (Lipinski definition) is 1. The molecule has 2 aromatic rings. The Bertz CT molecular complexity index is 848. The van der Waals surface area contributed by atoms with Crippen LogP contribution in [0.3, 0.4) is 0 Å². The normalized spacial score (nSPS) is 15.6. The fraction of sp³-hybridized carbons (Fsp3) is 0.591. The van der Waals surface area contributed by atoms with E-state index in [0.717, 1.165) is 38.7 Å². The van der Waals surface area contributed by atoms with Gasteiger partial charge in [0.2, 0.25) is 5.89 Å². The highest BCUT2D eigenvalue weighted by molar-refractivity contribution is 14.0. The molecule has 0 radical (unpaired) electrons. The molecule has 1 aromatic heterocycles. The van der Waals surface area contributed by atoms with Crippen molar-refractivity contribution in [2.45, 2.75) is 47.3 Å². The highest BCUT2D eigenvalue weighted by atomic mass is 127. The van der Waals surface area contributed by atoms with Gasteiger partial charge in [-0.3, -0.25) is 0 Å². The van der Waals surface area contributed by atoms with E-state index in [1.54, 1.807) is 0 Å². The standard InChI is InChI=1S/C22H34N6O2.HI/c1-6-23-22(24-15-20-25-21(26-30-20)18(5)29-7-2)28-13-11-27(12-14-28)19-10-8-9-16(3)17(19)4;/h8-10,18H,6-7,11-15H2,1-5H3,(H,23,24);1H. The van der Waals surface area contributed by atoms with E-state index in [9.17, 15) is 0 Å². The molecule has 0 bridgehead atoms. The number of guanidine groups is 1. The second-order valence-electron chi connectivity index (χ2n) is 7.51. The van der Waals surface area contributed by atoms with Crippen molar-refractivity contribution < 1.29 is 9.26 Å². The zero-order chi connectivity index (χ0) is 21.5. The van der Waals surface area contributed by atoms with Crippen LogP contribution in [0.25, 0.3) is 0 Å².